The summed E-state index contributed by atoms with van der Waals surface area (Å²) in [4.78, 5) is 11.8. The van der Waals surface area contributed by atoms with Crippen LogP contribution in [0.2, 0.25) is 0 Å². The molecule has 19 heavy (non-hydrogen) atoms. The first kappa shape index (κ1) is 13.7. The van der Waals surface area contributed by atoms with Crippen molar-refractivity contribution in [2.24, 2.45) is 7.05 Å². The molecule has 1 heterocycles. The first-order chi connectivity index (χ1) is 8.97. The van der Waals surface area contributed by atoms with E-state index in [0.29, 0.717) is 11.6 Å². The zero-order valence-corrected chi connectivity index (χ0v) is 11.6. The number of halogens is 3. The number of carbonyl (C=O) groups is 1. The summed E-state index contributed by atoms with van der Waals surface area (Å²) in [6.45, 7) is -0.314. The lowest BCUT2D eigenvalue weighted by Crippen LogP contribution is -2.12. The summed E-state index contributed by atoms with van der Waals surface area (Å²) in [5.41, 5.74) is 0.473. The summed E-state index contributed by atoms with van der Waals surface area (Å²) in [6, 6.07) is 3.42. The highest BCUT2D eigenvalue weighted by Crippen LogP contribution is 2.29. The molecule has 0 aliphatic carbocycles. The van der Waals surface area contributed by atoms with Crippen molar-refractivity contribution in [1.29, 1.82) is 0 Å². The van der Waals surface area contributed by atoms with Crippen LogP contribution in [0.4, 0.5) is 8.78 Å². The molecule has 0 unspecified atom stereocenters. The zero-order chi connectivity index (χ0) is 14.0. The standard InChI is InChI=1S/C13H10BrF2NO2/c1-17-3-2-8(6-17)12(18)7-19-13-10(14)4-9(15)5-11(13)16/h2-6H,7H2,1H3. The van der Waals surface area contributed by atoms with Crippen molar-refractivity contribution >= 4 is 21.7 Å². The van der Waals surface area contributed by atoms with E-state index in [9.17, 15) is 13.6 Å². The van der Waals surface area contributed by atoms with Gasteiger partial charge in [-0.15, -0.1) is 0 Å². The molecular weight excluding hydrogens is 320 g/mol. The number of rotatable bonds is 4. The topological polar surface area (TPSA) is 31.2 Å². The van der Waals surface area contributed by atoms with Crippen molar-refractivity contribution in [3.63, 3.8) is 0 Å². The predicted molar refractivity (Wildman–Crippen MR) is 69.3 cm³/mol. The Hall–Kier alpha value is -1.69. The van der Waals surface area contributed by atoms with Gasteiger partial charge in [0.25, 0.3) is 0 Å². The monoisotopic (exact) mass is 329 g/mol. The molecule has 0 amide bonds. The summed E-state index contributed by atoms with van der Waals surface area (Å²) in [5.74, 6) is -2.03. The van der Waals surface area contributed by atoms with Gasteiger partial charge in [-0.3, -0.25) is 4.79 Å². The minimum Gasteiger partial charge on any atom is -0.481 e. The van der Waals surface area contributed by atoms with Crippen LogP contribution in [-0.4, -0.2) is 17.0 Å². The third kappa shape index (κ3) is 3.20. The van der Waals surface area contributed by atoms with Crippen molar-refractivity contribution < 1.29 is 18.3 Å². The number of carbonyl (C=O) groups excluding carboxylic acids is 1. The molecule has 0 radical (unpaired) electrons. The molecule has 0 bridgehead atoms. The van der Waals surface area contributed by atoms with Crippen molar-refractivity contribution in [3.05, 3.63) is 52.3 Å². The highest BCUT2D eigenvalue weighted by molar-refractivity contribution is 9.10. The molecule has 0 spiro atoms. The van der Waals surface area contributed by atoms with Crippen LogP contribution in [0.3, 0.4) is 0 Å². The maximum absolute atomic E-state index is 13.5. The Balaban J connectivity index is 2.09. The van der Waals surface area contributed by atoms with Crippen LogP contribution in [-0.2, 0) is 7.05 Å². The number of aryl methyl sites for hydroxylation is 1. The number of Topliss-reactive ketones (excluding diaryl/α,β-unsaturated/α-hetero) is 1. The summed E-state index contributed by atoms with van der Waals surface area (Å²) >= 11 is 2.99. The van der Waals surface area contributed by atoms with Crippen LogP contribution in [0.25, 0.3) is 0 Å². The number of ketones is 1. The third-order valence-corrected chi connectivity index (χ3v) is 3.05. The molecule has 1 aromatic heterocycles. The predicted octanol–water partition coefficient (Wildman–Crippen LogP) is 3.33. The fraction of sp³-hybridized carbons (Fsp3) is 0.154. The van der Waals surface area contributed by atoms with E-state index in [0.717, 1.165) is 6.07 Å². The maximum Gasteiger partial charge on any atom is 0.201 e. The minimum atomic E-state index is -0.854. The molecule has 0 saturated carbocycles. The summed E-state index contributed by atoms with van der Waals surface area (Å²) < 4.78 is 33.3. The van der Waals surface area contributed by atoms with Crippen molar-refractivity contribution in [3.8, 4) is 5.75 Å². The molecule has 2 rings (SSSR count). The molecule has 2 aromatic rings. The normalized spacial score (nSPS) is 10.5. The van der Waals surface area contributed by atoms with E-state index < -0.39 is 11.6 Å². The van der Waals surface area contributed by atoms with Gasteiger partial charge >= 0.3 is 0 Å². The Morgan fingerprint density at radius 1 is 1.42 bits per heavy atom. The van der Waals surface area contributed by atoms with Gasteiger partial charge in [0.2, 0.25) is 5.78 Å². The average Bonchev–Trinajstić information content (AvgIpc) is 2.74. The molecule has 0 aliphatic rings. The Bertz CT molecular complexity index is 602. The van der Waals surface area contributed by atoms with E-state index >= 15 is 0 Å². The highest BCUT2D eigenvalue weighted by atomic mass is 79.9. The van der Waals surface area contributed by atoms with Gasteiger partial charge in [-0.1, -0.05) is 0 Å². The lowest BCUT2D eigenvalue weighted by molar-refractivity contribution is 0.0918. The highest BCUT2D eigenvalue weighted by Gasteiger charge is 2.14. The van der Waals surface area contributed by atoms with Crippen LogP contribution in [0.5, 0.6) is 5.75 Å². The Labute approximate surface area is 116 Å². The van der Waals surface area contributed by atoms with Crippen LogP contribution >= 0.6 is 15.9 Å². The van der Waals surface area contributed by atoms with Crippen molar-refractivity contribution in [2.45, 2.75) is 0 Å². The molecule has 100 valence electrons. The van der Waals surface area contributed by atoms with Crippen molar-refractivity contribution in [2.75, 3.05) is 6.61 Å². The maximum atomic E-state index is 13.5. The van der Waals surface area contributed by atoms with E-state index in [2.05, 4.69) is 15.9 Å². The zero-order valence-electron chi connectivity index (χ0n) is 9.99. The Kier molecular flexibility index (Phi) is 3.99. The van der Waals surface area contributed by atoms with Gasteiger partial charge in [-0.25, -0.2) is 8.78 Å². The number of nitrogens with zero attached hydrogens (tertiary/aromatic N) is 1. The van der Waals surface area contributed by atoms with Crippen LogP contribution in [0, 0.1) is 11.6 Å². The van der Waals surface area contributed by atoms with Crippen LogP contribution in [0.15, 0.2) is 35.1 Å². The van der Waals surface area contributed by atoms with E-state index in [1.807, 2.05) is 0 Å². The number of aromatic nitrogens is 1. The van der Waals surface area contributed by atoms with Gasteiger partial charge < -0.3 is 9.30 Å². The minimum absolute atomic E-state index is 0.130. The van der Waals surface area contributed by atoms with Crippen LogP contribution in [0.1, 0.15) is 10.4 Å². The molecule has 0 fully saturated rings. The van der Waals surface area contributed by atoms with Crippen LogP contribution < -0.4 is 4.74 Å². The lowest BCUT2D eigenvalue weighted by Gasteiger charge is -2.08. The molecule has 0 saturated heterocycles. The average molecular weight is 330 g/mol. The van der Waals surface area contributed by atoms with Gasteiger partial charge in [-0.2, -0.15) is 0 Å². The molecule has 0 atom stereocenters. The summed E-state index contributed by atoms with van der Waals surface area (Å²) in [6.07, 6.45) is 3.36. The molecule has 0 N–H and O–H groups in total. The SMILES string of the molecule is Cn1ccc(C(=O)COc2c(F)cc(F)cc2Br)c1. The second-order valence-electron chi connectivity index (χ2n) is 3.98. The number of ether oxygens (including phenoxy) is 1. The fourth-order valence-corrected chi connectivity index (χ4v) is 2.08. The van der Waals surface area contributed by atoms with Gasteiger partial charge in [0.05, 0.1) is 4.47 Å². The second kappa shape index (κ2) is 5.52. The lowest BCUT2D eigenvalue weighted by atomic mass is 10.2. The largest absolute Gasteiger partial charge is 0.481 e. The van der Waals surface area contributed by atoms with Gasteiger partial charge in [0.1, 0.15) is 5.82 Å². The fourth-order valence-electron chi connectivity index (χ4n) is 1.56. The Morgan fingerprint density at radius 2 is 2.16 bits per heavy atom. The molecule has 0 aliphatic heterocycles. The molecule has 1 aromatic carbocycles. The van der Waals surface area contributed by atoms with E-state index in [1.54, 1.807) is 30.1 Å². The third-order valence-electron chi connectivity index (χ3n) is 2.46. The number of benzene rings is 1. The number of hydrogen-bond donors (Lipinski definition) is 0. The van der Waals surface area contributed by atoms with E-state index in [-0.39, 0.29) is 22.6 Å². The van der Waals surface area contributed by atoms with Gasteiger partial charge in [0, 0.05) is 31.1 Å². The van der Waals surface area contributed by atoms with Crippen molar-refractivity contribution in [1.82, 2.24) is 4.57 Å². The smallest absolute Gasteiger partial charge is 0.201 e. The molecule has 6 heteroatoms. The first-order valence-electron chi connectivity index (χ1n) is 5.40. The second-order valence-corrected chi connectivity index (χ2v) is 4.83. The Morgan fingerprint density at radius 3 is 2.74 bits per heavy atom. The van der Waals surface area contributed by atoms with Gasteiger partial charge in [-0.05, 0) is 28.1 Å². The summed E-state index contributed by atoms with van der Waals surface area (Å²) in [7, 11) is 1.79. The summed E-state index contributed by atoms with van der Waals surface area (Å²) in [5, 5.41) is 0. The molecular formula is C13H10BrF2NO2. The van der Waals surface area contributed by atoms with E-state index in [4.69, 9.17) is 4.74 Å². The molecule has 3 nitrogen and oxygen atoms in total. The quantitative estimate of drug-likeness (QED) is 0.806. The number of hydrogen-bond acceptors (Lipinski definition) is 2. The first-order valence-corrected chi connectivity index (χ1v) is 6.19. The van der Waals surface area contributed by atoms with E-state index in [1.165, 1.54) is 0 Å². The van der Waals surface area contributed by atoms with Gasteiger partial charge in [0.15, 0.2) is 18.2 Å².